The van der Waals surface area contributed by atoms with Gasteiger partial charge in [0, 0.05) is 32.3 Å². The summed E-state index contributed by atoms with van der Waals surface area (Å²) in [5.41, 5.74) is 1.19. The van der Waals surface area contributed by atoms with E-state index in [0.29, 0.717) is 6.61 Å². The Balaban J connectivity index is 2.34. The molecule has 0 unspecified atom stereocenters. The van der Waals surface area contributed by atoms with Gasteiger partial charge in [-0.05, 0) is 20.2 Å². The Bertz CT molecular complexity index is 331. The van der Waals surface area contributed by atoms with Crippen LogP contribution in [0.2, 0.25) is 0 Å². The average molecular weight is 252 g/mol. The van der Waals surface area contributed by atoms with Gasteiger partial charge in [-0.1, -0.05) is 18.2 Å². The number of hydrogen-bond donors (Lipinski definition) is 1. The van der Waals surface area contributed by atoms with Crippen molar-refractivity contribution >= 4 is 0 Å². The van der Waals surface area contributed by atoms with Gasteiger partial charge in [-0.25, -0.2) is 0 Å². The highest BCUT2D eigenvalue weighted by molar-refractivity contribution is 5.33. The van der Waals surface area contributed by atoms with E-state index in [9.17, 15) is 0 Å². The van der Waals surface area contributed by atoms with Crippen molar-refractivity contribution in [3.63, 3.8) is 0 Å². The molecule has 1 rings (SSSR count). The molecule has 0 fully saturated rings. The number of nitrogens with zero attached hydrogens (tertiary/aromatic N) is 1. The Morgan fingerprint density at radius 3 is 2.61 bits per heavy atom. The summed E-state index contributed by atoms with van der Waals surface area (Å²) in [6.45, 7) is 4.11. The SMILES string of the molecule is CNCc1ccccc1OCCN(C)CCOC. The lowest BCUT2D eigenvalue weighted by Crippen LogP contribution is -2.27. The minimum absolute atomic E-state index is 0.695. The average Bonchev–Trinajstić information content (AvgIpc) is 2.38. The van der Waals surface area contributed by atoms with E-state index >= 15 is 0 Å². The van der Waals surface area contributed by atoms with Crippen molar-refractivity contribution in [1.29, 1.82) is 0 Å². The summed E-state index contributed by atoms with van der Waals surface area (Å²) in [6, 6.07) is 8.13. The Labute approximate surface area is 110 Å². The molecule has 1 aromatic rings. The highest BCUT2D eigenvalue weighted by Crippen LogP contribution is 2.17. The molecular weight excluding hydrogens is 228 g/mol. The molecule has 1 aromatic carbocycles. The van der Waals surface area contributed by atoms with E-state index in [-0.39, 0.29) is 0 Å². The second-order valence-corrected chi connectivity index (χ2v) is 4.28. The van der Waals surface area contributed by atoms with Crippen LogP contribution in [-0.2, 0) is 11.3 Å². The van der Waals surface area contributed by atoms with Crippen LogP contribution in [0.3, 0.4) is 0 Å². The Morgan fingerprint density at radius 1 is 1.17 bits per heavy atom. The summed E-state index contributed by atoms with van der Waals surface area (Å²) in [5, 5.41) is 3.14. The quantitative estimate of drug-likeness (QED) is 0.719. The Kier molecular flexibility index (Phi) is 7.41. The number of nitrogens with one attached hydrogen (secondary N) is 1. The molecule has 0 aliphatic heterocycles. The van der Waals surface area contributed by atoms with Gasteiger partial charge in [0.05, 0.1) is 6.61 Å². The lowest BCUT2D eigenvalue weighted by molar-refractivity contribution is 0.150. The molecule has 0 heterocycles. The van der Waals surface area contributed by atoms with E-state index < -0.39 is 0 Å². The van der Waals surface area contributed by atoms with Crippen LogP contribution in [0.15, 0.2) is 24.3 Å². The number of likely N-dealkylation sites (N-methyl/N-ethyl adjacent to an activating group) is 1. The van der Waals surface area contributed by atoms with Gasteiger partial charge in [-0.3, -0.25) is 0 Å². The smallest absolute Gasteiger partial charge is 0.123 e. The fourth-order valence-corrected chi connectivity index (χ4v) is 1.65. The summed E-state index contributed by atoms with van der Waals surface area (Å²) in [7, 11) is 5.73. The first-order valence-corrected chi connectivity index (χ1v) is 6.30. The summed E-state index contributed by atoms with van der Waals surface area (Å²) in [6.07, 6.45) is 0. The number of para-hydroxylation sites is 1. The standard InChI is InChI=1S/C14H24N2O2/c1-15-12-13-6-4-5-7-14(13)18-11-9-16(2)8-10-17-3/h4-7,15H,8-12H2,1-3H3. The van der Waals surface area contributed by atoms with Gasteiger partial charge in [0.1, 0.15) is 12.4 Å². The zero-order chi connectivity index (χ0) is 13.2. The zero-order valence-corrected chi connectivity index (χ0v) is 11.6. The summed E-state index contributed by atoms with van der Waals surface area (Å²) in [4.78, 5) is 2.20. The molecule has 0 atom stereocenters. The molecule has 0 bridgehead atoms. The molecule has 0 amide bonds. The number of methoxy groups -OCH3 is 1. The van der Waals surface area contributed by atoms with Crippen LogP contribution >= 0.6 is 0 Å². The molecule has 1 N–H and O–H groups in total. The first-order valence-electron chi connectivity index (χ1n) is 6.30. The van der Waals surface area contributed by atoms with Gasteiger partial charge < -0.3 is 19.7 Å². The highest BCUT2D eigenvalue weighted by Gasteiger charge is 2.03. The van der Waals surface area contributed by atoms with E-state index in [1.807, 2.05) is 25.2 Å². The number of rotatable bonds is 9. The van der Waals surface area contributed by atoms with Crippen LogP contribution in [0.1, 0.15) is 5.56 Å². The molecule has 18 heavy (non-hydrogen) atoms. The van der Waals surface area contributed by atoms with E-state index in [2.05, 4.69) is 23.3 Å². The molecule has 4 nitrogen and oxygen atoms in total. The molecular formula is C14H24N2O2. The van der Waals surface area contributed by atoms with E-state index in [4.69, 9.17) is 9.47 Å². The normalized spacial score (nSPS) is 10.9. The Morgan fingerprint density at radius 2 is 1.89 bits per heavy atom. The van der Waals surface area contributed by atoms with Crippen LogP contribution in [0.5, 0.6) is 5.75 Å². The van der Waals surface area contributed by atoms with Gasteiger partial charge in [0.25, 0.3) is 0 Å². The van der Waals surface area contributed by atoms with Gasteiger partial charge in [-0.2, -0.15) is 0 Å². The second-order valence-electron chi connectivity index (χ2n) is 4.28. The minimum Gasteiger partial charge on any atom is -0.492 e. The summed E-state index contributed by atoms with van der Waals surface area (Å²) in [5.74, 6) is 0.965. The van der Waals surface area contributed by atoms with Crippen molar-refractivity contribution in [2.45, 2.75) is 6.54 Å². The molecule has 0 radical (unpaired) electrons. The van der Waals surface area contributed by atoms with Crippen molar-refractivity contribution in [3.05, 3.63) is 29.8 Å². The largest absolute Gasteiger partial charge is 0.492 e. The lowest BCUT2D eigenvalue weighted by atomic mass is 10.2. The highest BCUT2D eigenvalue weighted by atomic mass is 16.5. The maximum absolute atomic E-state index is 5.82. The van der Waals surface area contributed by atoms with Crippen molar-refractivity contribution in [2.75, 3.05) is 47.5 Å². The second kappa shape index (κ2) is 8.91. The summed E-state index contributed by atoms with van der Waals surface area (Å²) >= 11 is 0. The lowest BCUT2D eigenvalue weighted by Gasteiger charge is -2.17. The van der Waals surface area contributed by atoms with Crippen LogP contribution in [0.4, 0.5) is 0 Å². The number of hydrogen-bond acceptors (Lipinski definition) is 4. The van der Waals surface area contributed by atoms with Crippen molar-refractivity contribution < 1.29 is 9.47 Å². The topological polar surface area (TPSA) is 33.7 Å². The molecule has 4 heteroatoms. The fourth-order valence-electron chi connectivity index (χ4n) is 1.65. The van der Waals surface area contributed by atoms with E-state index in [0.717, 1.165) is 32.0 Å². The van der Waals surface area contributed by atoms with Gasteiger partial charge >= 0.3 is 0 Å². The molecule has 102 valence electrons. The maximum atomic E-state index is 5.82. The summed E-state index contributed by atoms with van der Waals surface area (Å²) < 4.78 is 10.9. The third kappa shape index (κ3) is 5.49. The predicted octanol–water partition coefficient (Wildman–Crippen LogP) is 1.36. The van der Waals surface area contributed by atoms with E-state index in [1.165, 1.54) is 5.56 Å². The molecule has 0 spiro atoms. The van der Waals surface area contributed by atoms with Crippen LogP contribution in [0, 0.1) is 0 Å². The Hall–Kier alpha value is -1.10. The van der Waals surface area contributed by atoms with Gasteiger partial charge in [-0.15, -0.1) is 0 Å². The third-order valence-corrected chi connectivity index (χ3v) is 2.75. The van der Waals surface area contributed by atoms with Crippen LogP contribution in [-0.4, -0.2) is 52.4 Å². The van der Waals surface area contributed by atoms with Gasteiger partial charge in [0.15, 0.2) is 0 Å². The van der Waals surface area contributed by atoms with Crippen molar-refractivity contribution in [2.24, 2.45) is 0 Å². The number of benzene rings is 1. The van der Waals surface area contributed by atoms with Crippen LogP contribution < -0.4 is 10.1 Å². The fraction of sp³-hybridized carbons (Fsp3) is 0.571. The van der Waals surface area contributed by atoms with Crippen molar-refractivity contribution in [1.82, 2.24) is 10.2 Å². The minimum atomic E-state index is 0.695. The molecule has 0 saturated heterocycles. The van der Waals surface area contributed by atoms with Gasteiger partial charge in [0.2, 0.25) is 0 Å². The third-order valence-electron chi connectivity index (χ3n) is 2.75. The molecule has 0 aliphatic carbocycles. The van der Waals surface area contributed by atoms with E-state index in [1.54, 1.807) is 7.11 Å². The number of ether oxygens (including phenoxy) is 2. The zero-order valence-electron chi connectivity index (χ0n) is 11.6. The first-order chi connectivity index (χ1) is 8.77. The predicted molar refractivity (Wildman–Crippen MR) is 74.1 cm³/mol. The molecule has 0 aromatic heterocycles. The van der Waals surface area contributed by atoms with Crippen molar-refractivity contribution in [3.8, 4) is 5.75 Å². The van der Waals surface area contributed by atoms with Crippen LogP contribution in [0.25, 0.3) is 0 Å². The molecule has 0 aliphatic rings. The maximum Gasteiger partial charge on any atom is 0.123 e. The first kappa shape index (κ1) is 15.0. The monoisotopic (exact) mass is 252 g/mol. The molecule has 0 saturated carbocycles.